The van der Waals surface area contributed by atoms with Crippen molar-refractivity contribution in [3.8, 4) is 0 Å². The van der Waals surface area contributed by atoms with Crippen LogP contribution in [0.15, 0.2) is 24.3 Å². The van der Waals surface area contributed by atoms with Crippen molar-refractivity contribution in [2.24, 2.45) is 11.7 Å². The van der Waals surface area contributed by atoms with Gasteiger partial charge in [0, 0.05) is 5.69 Å². The summed E-state index contributed by atoms with van der Waals surface area (Å²) in [6.07, 6.45) is 0.424. The molecule has 0 saturated carbocycles. The Bertz CT molecular complexity index is 543. The van der Waals surface area contributed by atoms with Crippen LogP contribution >= 0.6 is 0 Å². The lowest BCUT2D eigenvalue weighted by atomic mass is 10.0. The van der Waals surface area contributed by atoms with Crippen LogP contribution in [0.3, 0.4) is 0 Å². The van der Waals surface area contributed by atoms with Crippen LogP contribution in [0.2, 0.25) is 0 Å². The van der Waals surface area contributed by atoms with Crippen molar-refractivity contribution in [2.45, 2.75) is 26.3 Å². The Labute approximate surface area is 122 Å². The van der Waals surface area contributed by atoms with E-state index in [4.69, 9.17) is 10.8 Å². The van der Waals surface area contributed by atoms with Crippen LogP contribution in [0, 0.1) is 5.92 Å². The van der Waals surface area contributed by atoms with E-state index >= 15 is 0 Å². The first-order chi connectivity index (χ1) is 9.79. The number of urea groups is 1. The number of anilines is 1. The highest BCUT2D eigenvalue weighted by Gasteiger charge is 2.21. The fourth-order valence-electron chi connectivity index (χ4n) is 1.83. The molecule has 0 saturated heterocycles. The third kappa shape index (κ3) is 5.52. The van der Waals surface area contributed by atoms with Gasteiger partial charge in [0.2, 0.25) is 5.91 Å². The van der Waals surface area contributed by atoms with Gasteiger partial charge in [-0.1, -0.05) is 19.9 Å². The van der Waals surface area contributed by atoms with Crippen LogP contribution < -0.4 is 16.4 Å². The fraction of sp³-hybridized carbons (Fsp3) is 0.357. The van der Waals surface area contributed by atoms with E-state index in [0.717, 1.165) is 0 Å². The molecule has 7 heteroatoms. The smallest absolute Gasteiger partial charge is 0.335 e. The van der Waals surface area contributed by atoms with Gasteiger partial charge >= 0.3 is 12.0 Å². The van der Waals surface area contributed by atoms with E-state index in [1.165, 1.54) is 18.2 Å². The molecule has 1 rings (SSSR count). The quantitative estimate of drug-likeness (QED) is 0.633. The van der Waals surface area contributed by atoms with Gasteiger partial charge in [0.1, 0.15) is 6.04 Å². The zero-order valence-corrected chi connectivity index (χ0v) is 11.9. The van der Waals surface area contributed by atoms with Gasteiger partial charge < -0.3 is 21.5 Å². The predicted octanol–water partition coefficient (Wildman–Crippen LogP) is 1.41. The molecule has 1 aromatic rings. The van der Waals surface area contributed by atoms with Crippen molar-refractivity contribution in [1.82, 2.24) is 5.32 Å². The molecule has 1 aromatic carbocycles. The second kappa shape index (κ2) is 7.28. The number of nitrogens with two attached hydrogens (primary N) is 1. The Kier molecular flexibility index (Phi) is 5.71. The number of nitrogens with one attached hydrogen (secondary N) is 2. The minimum absolute atomic E-state index is 0.0658. The van der Waals surface area contributed by atoms with Gasteiger partial charge in [-0.15, -0.1) is 0 Å². The predicted molar refractivity (Wildman–Crippen MR) is 78.0 cm³/mol. The van der Waals surface area contributed by atoms with E-state index in [1.54, 1.807) is 6.07 Å². The van der Waals surface area contributed by atoms with Crippen molar-refractivity contribution in [3.05, 3.63) is 29.8 Å². The minimum Gasteiger partial charge on any atom is -0.478 e. The highest BCUT2D eigenvalue weighted by Crippen LogP contribution is 2.13. The minimum atomic E-state index is -1.08. The molecule has 0 heterocycles. The lowest BCUT2D eigenvalue weighted by Crippen LogP contribution is -2.46. The van der Waals surface area contributed by atoms with Gasteiger partial charge in [-0.25, -0.2) is 9.59 Å². The first kappa shape index (κ1) is 16.5. The molecule has 1 unspecified atom stereocenters. The summed E-state index contributed by atoms with van der Waals surface area (Å²) >= 11 is 0. The Morgan fingerprint density at radius 1 is 1.29 bits per heavy atom. The van der Waals surface area contributed by atoms with E-state index in [0.29, 0.717) is 12.1 Å². The number of primary amides is 1. The number of rotatable bonds is 6. The van der Waals surface area contributed by atoms with Crippen LogP contribution in [0.25, 0.3) is 0 Å². The third-order valence-electron chi connectivity index (χ3n) is 2.72. The number of carbonyl (C=O) groups excluding carboxylic acids is 2. The monoisotopic (exact) mass is 293 g/mol. The van der Waals surface area contributed by atoms with Crippen LogP contribution in [0.5, 0.6) is 0 Å². The molecule has 0 aliphatic carbocycles. The highest BCUT2D eigenvalue weighted by molar-refractivity contribution is 5.98. The SMILES string of the molecule is CC(C)CC(NC(N)=O)C(=O)Nc1cccc(C(=O)O)c1. The molecule has 7 nitrogen and oxygen atoms in total. The molecular formula is C14H19N3O4. The van der Waals surface area contributed by atoms with Crippen molar-refractivity contribution >= 4 is 23.6 Å². The van der Waals surface area contributed by atoms with Gasteiger partial charge in [-0.2, -0.15) is 0 Å². The number of carboxylic acid groups (broad SMARTS) is 1. The van der Waals surface area contributed by atoms with Gasteiger partial charge in [-0.05, 0) is 30.5 Å². The summed E-state index contributed by atoms with van der Waals surface area (Å²) in [5.41, 5.74) is 5.47. The number of aromatic carboxylic acids is 1. The molecule has 0 spiro atoms. The van der Waals surface area contributed by atoms with Gasteiger partial charge in [0.15, 0.2) is 0 Å². The Morgan fingerprint density at radius 2 is 1.95 bits per heavy atom. The average molecular weight is 293 g/mol. The molecular weight excluding hydrogens is 274 g/mol. The summed E-state index contributed by atoms with van der Waals surface area (Å²) in [7, 11) is 0. The molecule has 5 N–H and O–H groups in total. The zero-order valence-electron chi connectivity index (χ0n) is 11.9. The molecule has 0 aliphatic heterocycles. The summed E-state index contributed by atoms with van der Waals surface area (Å²) in [6.45, 7) is 3.82. The fourth-order valence-corrected chi connectivity index (χ4v) is 1.83. The number of amides is 3. The molecule has 0 bridgehead atoms. The summed E-state index contributed by atoms with van der Waals surface area (Å²) in [4.78, 5) is 34.0. The Balaban J connectivity index is 2.82. The largest absolute Gasteiger partial charge is 0.478 e. The van der Waals surface area contributed by atoms with Crippen molar-refractivity contribution in [1.29, 1.82) is 0 Å². The Hall–Kier alpha value is -2.57. The molecule has 0 aliphatic rings. The first-order valence-electron chi connectivity index (χ1n) is 6.49. The van der Waals surface area contributed by atoms with Gasteiger partial charge in [0.05, 0.1) is 5.56 Å². The second-order valence-electron chi connectivity index (χ2n) is 5.07. The van der Waals surface area contributed by atoms with E-state index < -0.39 is 23.9 Å². The standard InChI is InChI=1S/C14H19N3O4/c1-8(2)6-11(17-14(15)21)12(18)16-10-5-3-4-9(7-10)13(19)20/h3-5,7-8,11H,6H2,1-2H3,(H,16,18)(H,19,20)(H3,15,17,21). The van der Waals surface area contributed by atoms with Crippen LogP contribution in [-0.4, -0.2) is 29.1 Å². The van der Waals surface area contributed by atoms with Crippen LogP contribution in [-0.2, 0) is 4.79 Å². The molecule has 114 valence electrons. The summed E-state index contributed by atoms with van der Waals surface area (Å²) in [6, 6.07) is 4.31. The Morgan fingerprint density at radius 3 is 2.48 bits per heavy atom. The lowest BCUT2D eigenvalue weighted by Gasteiger charge is -2.19. The van der Waals surface area contributed by atoms with Crippen molar-refractivity contribution in [3.63, 3.8) is 0 Å². The normalized spacial score (nSPS) is 11.8. The maximum absolute atomic E-state index is 12.1. The molecule has 0 fully saturated rings. The summed E-state index contributed by atoms with van der Waals surface area (Å²) in [5, 5.41) is 13.9. The van der Waals surface area contributed by atoms with E-state index in [-0.39, 0.29) is 11.5 Å². The van der Waals surface area contributed by atoms with Crippen molar-refractivity contribution in [2.75, 3.05) is 5.32 Å². The number of benzene rings is 1. The second-order valence-corrected chi connectivity index (χ2v) is 5.07. The van der Waals surface area contributed by atoms with Crippen LogP contribution in [0.4, 0.5) is 10.5 Å². The highest BCUT2D eigenvalue weighted by atomic mass is 16.4. The van der Waals surface area contributed by atoms with Gasteiger partial charge in [-0.3, -0.25) is 4.79 Å². The zero-order chi connectivity index (χ0) is 16.0. The molecule has 1 atom stereocenters. The molecule has 3 amide bonds. The number of hydrogen-bond acceptors (Lipinski definition) is 3. The first-order valence-corrected chi connectivity index (χ1v) is 6.49. The number of carboxylic acids is 1. The lowest BCUT2D eigenvalue weighted by molar-refractivity contribution is -0.118. The van der Waals surface area contributed by atoms with E-state index in [9.17, 15) is 14.4 Å². The third-order valence-corrected chi connectivity index (χ3v) is 2.72. The maximum atomic E-state index is 12.1. The molecule has 0 radical (unpaired) electrons. The number of hydrogen-bond donors (Lipinski definition) is 4. The summed E-state index contributed by atoms with van der Waals surface area (Å²) < 4.78 is 0. The van der Waals surface area contributed by atoms with Crippen molar-refractivity contribution < 1.29 is 19.5 Å². The molecule has 0 aromatic heterocycles. The average Bonchev–Trinajstić information content (AvgIpc) is 2.37. The molecule has 21 heavy (non-hydrogen) atoms. The maximum Gasteiger partial charge on any atom is 0.335 e. The van der Waals surface area contributed by atoms with E-state index in [1.807, 2.05) is 13.8 Å². The summed E-state index contributed by atoms with van der Waals surface area (Å²) in [5.74, 6) is -1.34. The topological polar surface area (TPSA) is 122 Å². The van der Waals surface area contributed by atoms with Crippen LogP contribution in [0.1, 0.15) is 30.6 Å². The van der Waals surface area contributed by atoms with Gasteiger partial charge in [0.25, 0.3) is 0 Å². The van der Waals surface area contributed by atoms with E-state index in [2.05, 4.69) is 10.6 Å². The number of carbonyl (C=O) groups is 3.